The van der Waals surface area contributed by atoms with E-state index >= 15 is 0 Å². The summed E-state index contributed by atoms with van der Waals surface area (Å²) in [6.07, 6.45) is 2.09. The number of carbonyl (C=O) groups excluding carboxylic acids is 2. The van der Waals surface area contributed by atoms with Gasteiger partial charge in [-0.2, -0.15) is 0 Å². The van der Waals surface area contributed by atoms with Gasteiger partial charge in [0.05, 0.1) is 0 Å². The minimum absolute atomic E-state index is 0.256. The average Bonchev–Trinajstić information content (AvgIpc) is 1.99. The maximum atomic E-state index is 10.4. The van der Waals surface area contributed by atoms with E-state index in [-0.39, 0.29) is 12.4 Å². The molecule has 0 bridgehead atoms. The molecule has 0 rings (SSSR count). The monoisotopic (exact) mass is 140 g/mol. The van der Waals surface area contributed by atoms with E-state index < -0.39 is 5.97 Å². The first kappa shape index (κ1) is 8.62. The van der Waals surface area contributed by atoms with Crippen LogP contribution in [0.15, 0.2) is 25.3 Å². The number of hydrogen-bond acceptors (Lipinski definition) is 3. The van der Waals surface area contributed by atoms with E-state index in [4.69, 9.17) is 0 Å². The van der Waals surface area contributed by atoms with Crippen molar-refractivity contribution in [1.29, 1.82) is 0 Å². The van der Waals surface area contributed by atoms with Crippen LogP contribution in [0.3, 0.4) is 0 Å². The van der Waals surface area contributed by atoms with Crippen molar-refractivity contribution in [3.05, 3.63) is 25.3 Å². The summed E-state index contributed by atoms with van der Waals surface area (Å²) in [7, 11) is 0. The first-order valence-electron chi connectivity index (χ1n) is 2.65. The molecule has 0 aromatic rings. The molecule has 0 N–H and O–H groups in total. The second kappa shape index (κ2) is 4.49. The lowest BCUT2D eigenvalue weighted by Gasteiger charge is -1.95. The van der Waals surface area contributed by atoms with E-state index in [1.54, 1.807) is 0 Å². The highest BCUT2D eigenvalue weighted by molar-refractivity contribution is 5.92. The summed E-state index contributed by atoms with van der Waals surface area (Å²) < 4.78 is 4.37. The molecule has 0 saturated carbocycles. The van der Waals surface area contributed by atoms with Crippen LogP contribution in [0.2, 0.25) is 0 Å². The Labute approximate surface area is 59.0 Å². The topological polar surface area (TPSA) is 43.4 Å². The molecular weight excluding hydrogens is 132 g/mol. The highest BCUT2D eigenvalue weighted by atomic mass is 16.5. The van der Waals surface area contributed by atoms with E-state index in [1.165, 1.54) is 0 Å². The lowest BCUT2D eigenvalue weighted by atomic mass is 10.4. The van der Waals surface area contributed by atoms with Gasteiger partial charge in [-0.15, -0.1) is 0 Å². The number of carbonyl (C=O) groups is 2. The summed E-state index contributed by atoms with van der Waals surface area (Å²) >= 11 is 0. The van der Waals surface area contributed by atoms with Crippen LogP contribution < -0.4 is 0 Å². The molecule has 0 aliphatic heterocycles. The zero-order valence-electron chi connectivity index (χ0n) is 5.50. The van der Waals surface area contributed by atoms with Crippen molar-refractivity contribution in [2.75, 3.05) is 6.61 Å². The Morgan fingerprint density at radius 1 is 1.30 bits per heavy atom. The SMILES string of the molecule is C=CC(=O)COC(=O)C=C. The maximum Gasteiger partial charge on any atom is 0.330 e. The molecule has 0 aliphatic carbocycles. The maximum absolute atomic E-state index is 10.4. The third kappa shape index (κ3) is 3.60. The van der Waals surface area contributed by atoms with Crippen molar-refractivity contribution in [3.8, 4) is 0 Å². The molecule has 0 unspecified atom stereocenters. The molecule has 3 heteroatoms. The van der Waals surface area contributed by atoms with Crippen LogP contribution in [0.25, 0.3) is 0 Å². The van der Waals surface area contributed by atoms with Gasteiger partial charge in [0, 0.05) is 6.08 Å². The highest BCUT2D eigenvalue weighted by Gasteiger charge is 1.98. The molecule has 0 heterocycles. The predicted octanol–water partition coefficient (Wildman–Crippen LogP) is 0.471. The van der Waals surface area contributed by atoms with Crippen molar-refractivity contribution in [2.24, 2.45) is 0 Å². The second-order valence-corrected chi connectivity index (χ2v) is 1.48. The van der Waals surface area contributed by atoms with Gasteiger partial charge in [0.15, 0.2) is 12.4 Å². The Morgan fingerprint density at radius 3 is 2.30 bits per heavy atom. The summed E-state index contributed by atoms with van der Waals surface area (Å²) in [6.45, 7) is 6.09. The summed E-state index contributed by atoms with van der Waals surface area (Å²) in [5, 5.41) is 0. The Kier molecular flexibility index (Phi) is 3.87. The molecule has 10 heavy (non-hydrogen) atoms. The van der Waals surface area contributed by atoms with Gasteiger partial charge < -0.3 is 4.74 Å². The lowest BCUT2D eigenvalue weighted by Crippen LogP contribution is -2.09. The van der Waals surface area contributed by atoms with Crippen LogP contribution in [0.5, 0.6) is 0 Å². The molecule has 0 aromatic carbocycles. The molecule has 0 aromatic heterocycles. The molecule has 0 saturated heterocycles. The Bertz CT molecular complexity index is 150. The Hall–Kier alpha value is -1.38. The molecule has 0 spiro atoms. The van der Waals surface area contributed by atoms with E-state index in [0.717, 1.165) is 12.2 Å². The van der Waals surface area contributed by atoms with Crippen molar-refractivity contribution >= 4 is 11.8 Å². The molecule has 0 radical (unpaired) electrons. The molecule has 0 fully saturated rings. The number of ether oxygens (including phenoxy) is 1. The molecule has 0 amide bonds. The van der Waals surface area contributed by atoms with Crippen LogP contribution >= 0.6 is 0 Å². The third-order valence-electron chi connectivity index (χ3n) is 0.751. The molecule has 3 nitrogen and oxygen atoms in total. The fourth-order valence-electron chi connectivity index (χ4n) is 0.260. The van der Waals surface area contributed by atoms with Gasteiger partial charge in [-0.3, -0.25) is 4.79 Å². The van der Waals surface area contributed by atoms with Gasteiger partial charge in [-0.25, -0.2) is 4.79 Å². The van der Waals surface area contributed by atoms with Crippen LogP contribution in [-0.4, -0.2) is 18.4 Å². The highest BCUT2D eigenvalue weighted by Crippen LogP contribution is 1.80. The van der Waals surface area contributed by atoms with Gasteiger partial charge in [-0.05, 0) is 6.08 Å². The normalized spacial score (nSPS) is 8.00. The van der Waals surface area contributed by atoms with Gasteiger partial charge in [0.1, 0.15) is 0 Å². The average molecular weight is 140 g/mol. The van der Waals surface area contributed by atoms with Crippen LogP contribution in [-0.2, 0) is 14.3 Å². The van der Waals surface area contributed by atoms with Gasteiger partial charge in [0.2, 0.25) is 0 Å². The fourth-order valence-corrected chi connectivity index (χ4v) is 0.260. The molecular formula is C7H8O3. The predicted molar refractivity (Wildman–Crippen MR) is 36.4 cm³/mol. The zero-order chi connectivity index (χ0) is 7.98. The summed E-state index contributed by atoms with van der Waals surface area (Å²) in [5.41, 5.74) is 0. The summed E-state index contributed by atoms with van der Waals surface area (Å²) in [6, 6.07) is 0. The third-order valence-corrected chi connectivity index (χ3v) is 0.751. The van der Waals surface area contributed by atoms with Gasteiger partial charge in [0.25, 0.3) is 0 Å². The van der Waals surface area contributed by atoms with E-state index in [1.807, 2.05) is 0 Å². The van der Waals surface area contributed by atoms with E-state index in [9.17, 15) is 9.59 Å². The Balaban J connectivity index is 3.54. The van der Waals surface area contributed by atoms with Crippen LogP contribution in [0.1, 0.15) is 0 Å². The van der Waals surface area contributed by atoms with Crippen molar-refractivity contribution < 1.29 is 14.3 Å². The second-order valence-electron chi connectivity index (χ2n) is 1.48. The minimum atomic E-state index is -0.602. The number of rotatable bonds is 4. The minimum Gasteiger partial charge on any atom is -0.454 e. The van der Waals surface area contributed by atoms with E-state index in [2.05, 4.69) is 17.9 Å². The van der Waals surface area contributed by atoms with E-state index in [0.29, 0.717) is 0 Å². The van der Waals surface area contributed by atoms with Crippen LogP contribution in [0.4, 0.5) is 0 Å². The van der Waals surface area contributed by atoms with Crippen molar-refractivity contribution in [2.45, 2.75) is 0 Å². The van der Waals surface area contributed by atoms with Crippen LogP contribution in [0, 0.1) is 0 Å². The number of esters is 1. The quantitative estimate of drug-likeness (QED) is 0.421. The van der Waals surface area contributed by atoms with Crippen molar-refractivity contribution in [3.63, 3.8) is 0 Å². The van der Waals surface area contributed by atoms with Crippen molar-refractivity contribution in [1.82, 2.24) is 0 Å². The number of ketones is 1. The number of hydrogen-bond donors (Lipinski definition) is 0. The van der Waals surface area contributed by atoms with Gasteiger partial charge >= 0.3 is 5.97 Å². The molecule has 0 aliphatic rings. The van der Waals surface area contributed by atoms with Gasteiger partial charge in [-0.1, -0.05) is 13.2 Å². The summed E-state index contributed by atoms with van der Waals surface area (Å²) in [5.74, 6) is -0.926. The fraction of sp³-hybridized carbons (Fsp3) is 0.143. The smallest absolute Gasteiger partial charge is 0.330 e. The first-order chi connectivity index (χ1) is 4.70. The largest absolute Gasteiger partial charge is 0.454 e. The molecule has 0 atom stereocenters. The standard InChI is InChI=1S/C7H8O3/c1-3-6(8)5-10-7(9)4-2/h3-4H,1-2,5H2. The Morgan fingerprint density at radius 2 is 1.90 bits per heavy atom. The first-order valence-corrected chi connectivity index (χ1v) is 2.65. The zero-order valence-corrected chi connectivity index (χ0v) is 5.50. The lowest BCUT2D eigenvalue weighted by molar-refractivity contribution is -0.141. The summed E-state index contributed by atoms with van der Waals surface area (Å²) in [4.78, 5) is 20.7. The molecule has 54 valence electrons.